The van der Waals surface area contributed by atoms with Crippen molar-refractivity contribution in [3.63, 3.8) is 0 Å². The van der Waals surface area contributed by atoms with Crippen LogP contribution in [0, 0.1) is 0 Å². The van der Waals surface area contributed by atoms with Crippen LogP contribution in [0.3, 0.4) is 0 Å². The van der Waals surface area contributed by atoms with E-state index in [-0.39, 0.29) is 0 Å². The van der Waals surface area contributed by atoms with E-state index in [1.54, 1.807) is 24.8 Å². The van der Waals surface area contributed by atoms with Crippen molar-refractivity contribution >= 4 is 27.4 Å². The first-order valence-electron chi connectivity index (χ1n) is 8.01. The number of rotatable bonds is 5. The van der Waals surface area contributed by atoms with Crippen molar-refractivity contribution < 1.29 is 4.74 Å². The van der Waals surface area contributed by atoms with Crippen LogP contribution < -0.4 is 10.1 Å². The zero-order chi connectivity index (χ0) is 17.1. The van der Waals surface area contributed by atoms with Crippen LogP contribution in [-0.4, -0.2) is 17.1 Å². The Morgan fingerprint density at radius 3 is 2.64 bits per heavy atom. The number of anilines is 1. The number of aromatic nitrogens is 2. The van der Waals surface area contributed by atoms with Crippen LogP contribution in [0.25, 0.3) is 20.7 Å². The molecule has 5 heteroatoms. The summed E-state index contributed by atoms with van der Waals surface area (Å²) in [6, 6.07) is 20.4. The van der Waals surface area contributed by atoms with Crippen LogP contribution in [0.4, 0.5) is 5.82 Å². The summed E-state index contributed by atoms with van der Waals surface area (Å²) in [6.07, 6.45) is 1.61. The Hall–Kier alpha value is -2.92. The molecule has 0 aliphatic heterocycles. The van der Waals surface area contributed by atoms with Gasteiger partial charge in [0.15, 0.2) is 0 Å². The predicted octanol–water partition coefficient (Wildman–Crippen LogP) is 4.98. The topological polar surface area (TPSA) is 47.0 Å². The highest BCUT2D eigenvalue weighted by Gasteiger charge is 2.10. The first-order chi connectivity index (χ1) is 12.3. The number of hydrogen-bond acceptors (Lipinski definition) is 5. The van der Waals surface area contributed by atoms with E-state index in [0.29, 0.717) is 6.54 Å². The van der Waals surface area contributed by atoms with Gasteiger partial charge < -0.3 is 10.1 Å². The van der Waals surface area contributed by atoms with Gasteiger partial charge >= 0.3 is 0 Å². The minimum Gasteiger partial charge on any atom is -0.496 e. The van der Waals surface area contributed by atoms with E-state index in [2.05, 4.69) is 33.5 Å². The number of nitrogens with one attached hydrogen (secondary N) is 1. The summed E-state index contributed by atoms with van der Waals surface area (Å²) in [4.78, 5) is 10.0. The van der Waals surface area contributed by atoms with E-state index in [4.69, 9.17) is 4.74 Å². The van der Waals surface area contributed by atoms with Crippen molar-refractivity contribution in [1.82, 2.24) is 9.97 Å². The van der Waals surface area contributed by atoms with E-state index in [0.717, 1.165) is 27.3 Å². The molecule has 0 radical (unpaired) electrons. The van der Waals surface area contributed by atoms with Crippen molar-refractivity contribution in [3.05, 3.63) is 72.6 Å². The summed E-state index contributed by atoms with van der Waals surface area (Å²) in [5, 5.41) is 3.42. The summed E-state index contributed by atoms with van der Waals surface area (Å²) in [7, 11) is 1.69. The summed E-state index contributed by atoms with van der Waals surface area (Å²) in [5.41, 5.74) is 3.25. The number of fused-ring (bicyclic) bond motifs is 1. The third-order valence-corrected chi connectivity index (χ3v) is 5.19. The van der Waals surface area contributed by atoms with Gasteiger partial charge in [-0.1, -0.05) is 48.5 Å². The lowest BCUT2D eigenvalue weighted by atomic mass is 10.2. The molecule has 0 unspecified atom stereocenters. The zero-order valence-electron chi connectivity index (χ0n) is 13.8. The third-order valence-electron chi connectivity index (χ3n) is 4.01. The monoisotopic (exact) mass is 347 g/mol. The zero-order valence-corrected chi connectivity index (χ0v) is 14.6. The second-order valence-electron chi connectivity index (χ2n) is 5.58. The Balaban J connectivity index is 1.65. The normalized spacial score (nSPS) is 10.8. The summed E-state index contributed by atoms with van der Waals surface area (Å²) >= 11 is 1.70. The van der Waals surface area contributed by atoms with Crippen molar-refractivity contribution in [3.8, 4) is 16.2 Å². The molecule has 0 aliphatic carbocycles. The molecular formula is C20H17N3OS. The van der Waals surface area contributed by atoms with Gasteiger partial charge in [0.2, 0.25) is 0 Å². The largest absolute Gasteiger partial charge is 0.496 e. The number of ether oxygens (including phenoxy) is 1. The lowest BCUT2D eigenvalue weighted by Crippen LogP contribution is -2.03. The quantitative estimate of drug-likeness (QED) is 0.553. The fourth-order valence-electron chi connectivity index (χ4n) is 2.75. The Bertz CT molecular complexity index is 998. The molecule has 2 heterocycles. The number of nitrogens with zero attached hydrogens (tertiary/aromatic N) is 2. The van der Waals surface area contributed by atoms with Gasteiger partial charge in [-0.2, -0.15) is 0 Å². The van der Waals surface area contributed by atoms with Crippen molar-refractivity contribution in [1.29, 1.82) is 0 Å². The Morgan fingerprint density at radius 2 is 1.80 bits per heavy atom. The van der Waals surface area contributed by atoms with E-state index in [1.165, 1.54) is 10.4 Å². The maximum atomic E-state index is 5.41. The van der Waals surface area contributed by atoms with Crippen LogP contribution in [0.5, 0.6) is 5.75 Å². The lowest BCUT2D eigenvalue weighted by Gasteiger charge is -2.10. The molecule has 0 aliphatic rings. The molecule has 0 saturated carbocycles. The fourth-order valence-corrected chi connectivity index (χ4v) is 3.84. The Labute approximate surface area is 150 Å². The van der Waals surface area contributed by atoms with E-state index in [1.807, 2.05) is 42.5 Å². The molecule has 0 atom stereocenters. The number of para-hydroxylation sites is 1. The highest BCUT2D eigenvalue weighted by Crippen LogP contribution is 2.35. The smallest absolute Gasteiger partial charge is 0.147 e. The molecule has 0 bridgehead atoms. The van der Waals surface area contributed by atoms with Crippen LogP contribution in [0.15, 0.2) is 67.0 Å². The van der Waals surface area contributed by atoms with Gasteiger partial charge in [0.1, 0.15) is 17.9 Å². The number of methoxy groups -OCH3 is 1. The molecule has 1 N–H and O–H groups in total. The molecule has 0 spiro atoms. The maximum Gasteiger partial charge on any atom is 0.147 e. The molecule has 0 saturated heterocycles. The molecule has 25 heavy (non-hydrogen) atoms. The van der Waals surface area contributed by atoms with Crippen molar-refractivity contribution in [2.75, 3.05) is 12.4 Å². The lowest BCUT2D eigenvalue weighted by molar-refractivity contribution is 0.410. The van der Waals surface area contributed by atoms with Crippen molar-refractivity contribution in [2.24, 2.45) is 0 Å². The third kappa shape index (κ3) is 3.19. The van der Waals surface area contributed by atoms with E-state index in [9.17, 15) is 0 Å². The van der Waals surface area contributed by atoms with Gasteiger partial charge in [-0.25, -0.2) is 9.97 Å². The summed E-state index contributed by atoms with van der Waals surface area (Å²) in [5.74, 6) is 1.72. The second-order valence-corrected chi connectivity index (χ2v) is 6.63. The molecule has 0 amide bonds. The van der Waals surface area contributed by atoms with Gasteiger partial charge in [-0.15, -0.1) is 11.3 Å². The molecular weight excluding hydrogens is 330 g/mol. The fraction of sp³-hybridized carbons (Fsp3) is 0.100. The molecule has 2 aromatic heterocycles. The Morgan fingerprint density at radius 1 is 1.00 bits per heavy atom. The molecule has 124 valence electrons. The van der Waals surface area contributed by atoms with Crippen LogP contribution in [-0.2, 0) is 6.54 Å². The average Bonchev–Trinajstić information content (AvgIpc) is 3.12. The standard InChI is InChI=1S/C20H17N3OS/c1-24-17-10-6-5-9-15(17)12-21-20-19-16(22-13-23-20)11-18(25-19)14-7-3-2-4-8-14/h2-11,13H,12H2,1H3,(H,21,22,23). The highest BCUT2D eigenvalue weighted by atomic mass is 32.1. The SMILES string of the molecule is COc1ccccc1CNc1ncnc2cc(-c3ccccc3)sc12. The molecule has 4 nitrogen and oxygen atoms in total. The Kier molecular flexibility index (Phi) is 4.31. The van der Waals surface area contributed by atoms with E-state index < -0.39 is 0 Å². The van der Waals surface area contributed by atoms with Crippen LogP contribution in [0.1, 0.15) is 5.56 Å². The summed E-state index contributed by atoms with van der Waals surface area (Å²) in [6.45, 7) is 0.648. The first kappa shape index (κ1) is 15.6. The van der Waals surface area contributed by atoms with Gasteiger partial charge in [0.05, 0.1) is 17.3 Å². The van der Waals surface area contributed by atoms with Gasteiger partial charge in [0.25, 0.3) is 0 Å². The maximum absolute atomic E-state index is 5.41. The predicted molar refractivity (Wildman–Crippen MR) is 103 cm³/mol. The summed E-state index contributed by atoms with van der Waals surface area (Å²) < 4.78 is 6.48. The first-order valence-corrected chi connectivity index (χ1v) is 8.82. The highest BCUT2D eigenvalue weighted by molar-refractivity contribution is 7.22. The molecule has 0 fully saturated rings. The molecule has 4 aromatic rings. The average molecular weight is 347 g/mol. The molecule has 2 aromatic carbocycles. The minimum absolute atomic E-state index is 0.648. The molecule has 4 rings (SSSR count). The van der Waals surface area contributed by atoms with Gasteiger partial charge in [0, 0.05) is 17.0 Å². The van der Waals surface area contributed by atoms with Crippen molar-refractivity contribution in [2.45, 2.75) is 6.54 Å². The number of thiophene rings is 1. The van der Waals surface area contributed by atoms with Gasteiger partial charge in [-0.3, -0.25) is 0 Å². The van der Waals surface area contributed by atoms with Gasteiger partial charge in [-0.05, 0) is 17.7 Å². The van der Waals surface area contributed by atoms with Crippen LogP contribution >= 0.6 is 11.3 Å². The number of benzene rings is 2. The second kappa shape index (κ2) is 6.91. The number of hydrogen-bond donors (Lipinski definition) is 1. The van der Waals surface area contributed by atoms with E-state index >= 15 is 0 Å². The van der Waals surface area contributed by atoms with Crippen LogP contribution in [0.2, 0.25) is 0 Å². The minimum atomic E-state index is 0.648.